The van der Waals surface area contributed by atoms with Crippen LogP contribution in [0.3, 0.4) is 0 Å². The van der Waals surface area contributed by atoms with E-state index in [9.17, 15) is 0 Å². The summed E-state index contributed by atoms with van der Waals surface area (Å²) in [6.45, 7) is 5.00. The second-order valence-electron chi connectivity index (χ2n) is 7.81. The van der Waals surface area contributed by atoms with Crippen LogP contribution in [0.4, 0.5) is 0 Å². The molecule has 28 heavy (non-hydrogen) atoms. The minimum atomic E-state index is 0.307. The van der Waals surface area contributed by atoms with Gasteiger partial charge in [-0.3, -0.25) is 9.80 Å². The molecule has 0 spiro atoms. The van der Waals surface area contributed by atoms with E-state index in [4.69, 9.17) is 0 Å². The SMILES string of the molecule is c1ccc(C(c2ccccc2)N2CCN(Cc3nnnn3C3CC3)CC2)cc1. The van der Waals surface area contributed by atoms with Crippen molar-refractivity contribution in [2.24, 2.45) is 0 Å². The first-order valence-corrected chi connectivity index (χ1v) is 10.2. The molecular weight excluding hydrogens is 348 g/mol. The molecule has 6 nitrogen and oxygen atoms in total. The maximum atomic E-state index is 4.27. The maximum Gasteiger partial charge on any atom is 0.165 e. The summed E-state index contributed by atoms with van der Waals surface area (Å²) >= 11 is 0. The van der Waals surface area contributed by atoms with Crippen molar-refractivity contribution in [2.75, 3.05) is 26.2 Å². The number of tetrazole rings is 1. The average molecular weight is 374 g/mol. The van der Waals surface area contributed by atoms with Gasteiger partial charge in [-0.2, -0.15) is 0 Å². The monoisotopic (exact) mass is 374 g/mol. The van der Waals surface area contributed by atoms with E-state index in [1.165, 1.54) is 24.0 Å². The van der Waals surface area contributed by atoms with Crippen molar-refractivity contribution in [1.82, 2.24) is 30.0 Å². The van der Waals surface area contributed by atoms with Crippen LogP contribution in [-0.2, 0) is 6.54 Å². The van der Waals surface area contributed by atoms with Gasteiger partial charge < -0.3 is 0 Å². The third-order valence-corrected chi connectivity index (χ3v) is 5.82. The third kappa shape index (κ3) is 3.70. The van der Waals surface area contributed by atoms with Gasteiger partial charge in [0.25, 0.3) is 0 Å². The Morgan fingerprint density at radius 3 is 2.00 bits per heavy atom. The molecule has 1 aliphatic heterocycles. The predicted molar refractivity (Wildman–Crippen MR) is 108 cm³/mol. The normalized spacial score (nSPS) is 18.6. The first-order valence-electron chi connectivity index (χ1n) is 10.2. The van der Waals surface area contributed by atoms with Gasteiger partial charge in [-0.25, -0.2) is 4.68 Å². The predicted octanol–water partition coefficient (Wildman–Crippen LogP) is 2.92. The average Bonchev–Trinajstić information content (AvgIpc) is 3.50. The van der Waals surface area contributed by atoms with Crippen LogP contribution in [0.5, 0.6) is 0 Å². The molecule has 0 atom stereocenters. The Morgan fingerprint density at radius 2 is 1.43 bits per heavy atom. The molecule has 2 aliphatic rings. The summed E-state index contributed by atoms with van der Waals surface area (Å²) in [6, 6.07) is 22.6. The molecule has 1 saturated carbocycles. The number of piperazine rings is 1. The lowest BCUT2D eigenvalue weighted by atomic mass is 9.96. The van der Waals surface area contributed by atoms with Gasteiger partial charge in [-0.1, -0.05) is 60.7 Å². The molecule has 0 N–H and O–H groups in total. The number of benzene rings is 2. The summed E-state index contributed by atoms with van der Waals surface area (Å²) in [5.74, 6) is 1.01. The molecule has 1 aliphatic carbocycles. The van der Waals surface area contributed by atoms with Crippen LogP contribution in [0.15, 0.2) is 60.7 Å². The fourth-order valence-electron chi connectivity index (χ4n) is 4.18. The zero-order valence-corrected chi connectivity index (χ0v) is 16.1. The van der Waals surface area contributed by atoms with Crippen molar-refractivity contribution >= 4 is 0 Å². The highest BCUT2D eigenvalue weighted by Crippen LogP contribution is 2.34. The van der Waals surface area contributed by atoms with Crippen molar-refractivity contribution in [3.05, 3.63) is 77.6 Å². The van der Waals surface area contributed by atoms with E-state index < -0.39 is 0 Å². The summed E-state index contributed by atoms with van der Waals surface area (Å²) in [5.41, 5.74) is 2.72. The molecule has 5 rings (SSSR count). The molecule has 1 saturated heterocycles. The lowest BCUT2D eigenvalue weighted by molar-refractivity contribution is 0.102. The summed E-state index contributed by atoms with van der Waals surface area (Å²) in [4.78, 5) is 5.08. The zero-order valence-electron chi connectivity index (χ0n) is 16.1. The van der Waals surface area contributed by atoms with Crippen LogP contribution in [0.25, 0.3) is 0 Å². The van der Waals surface area contributed by atoms with Gasteiger partial charge in [0, 0.05) is 26.2 Å². The van der Waals surface area contributed by atoms with Crippen molar-refractivity contribution in [2.45, 2.75) is 31.5 Å². The summed E-state index contributed by atoms with van der Waals surface area (Å²) in [7, 11) is 0. The van der Waals surface area contributed by atoms with Gasteiger partial charge in [0.1, 0.15) is 0 Å². The molecule has 0 bridgehead atoms. The largest absolute Gasteiger partial charge is 0.293 e. The highest BCUT2D eigenvalue weighted by atomic mass is 15.6. The van der Waals surface area contributed by atoms with Crippen LogP contribution in [0, 0.1) is 0 Å². The standard InChI is InChI=1S/C22H26N6/c1-3-7-18(8-4-1)22(19-9-5-2-6-10-19)27-15-13-26(14-16-27)17-21-23-24-25-28(21)20-11-12-20/h1-10,20,22H,11-17H2. The summed E-state index contributed by atoms with van der Waals surface area (Å²) in [6.07, 6.45) is 2.42. The molecule has 144 valence electrons. The smallest absolute Gasteiger partial charge is 0.165 e. The molecular formula is C22H26N6. The lowest BCUT2D eigenvalue weighted by Gasteiger charge is -2.39. The van der Waals surface area contributed by atoms with Crippen molar-refractivity contribution in [3.63, 3.8) is 0 Å². The highest BCUT2D eigenvalue weighted by Gasteiger charge is 2.30. The van der Waals surface area contributed by atoms with Crippen molar-refractivity contribution < 1.29 is 0 Å². The zero-order chi connectivity index (χ0) is 18.8. The van der Waals surface area contributed by atoms with Gasteiger partial charge in [0.2, 0.25) is 0 Å². The molecule has 2 fully saturated rings. The Kier molecular flexibility index (Phi) is 4.89. The molecule has 2 aromatic carbocycles. The number of hydrogen-bond acceptors (Lipinski definition) is 5. The van der Waals surface area contributed by atoms with Crippen LogP contribution >= 0.6 is 0 Å². The quantitative estimate of drug-likeness (QED) is 0.664. The molecule has 3 aromatic rings. The summed E-state index contributed by atoms with van der Waals surface area (Å²) in [5, 5.41) is 12.3. The first-order chi connectivity index (χ1) is 13.9. The Balaban J connectivity index is 1.29. The molecule has 0 unspecified atom stereocenters. The Morgan fingerprint density at radius 1 is 0.821 bits per heavy atom. The van der Waals surface area contributed by atoms with E-state index in [1.54, 1.807) is 0 Å². The van der Waals surface area contributed by atoms with Gasteiger partial charge in [0.15, 0.2) is 5.82 Å². The second-order valence-corrected chi connectivity index (χ2v) is 7.81. The number of hydrogen-bond donors (Lipinski definition) is 0. The van der Waals surface area contributed by atoms with E-state index in [-0.39, 0.29) is 0 Å². The first kappa shape index (κ1) is 17.5. The van der Waals surface area contributed by atoms with Gasteiger partial charge in [0.05, 0.1) is 18.6 Å². The van der Waals surface area contributed by atoms with Crippen LogP contribution in [0.2, 0.25) is 0 Å². The van der Waals surface area contributed by atoms with E-state index in [2.05, 4.69) is 86.0 Å². The van der Waals surface area contributed by atoms with E-state index in [0.717, 1.165) is 38.5 Å². The molecule has 0 amide bonds. The molecule has 1 aromatic heterocycles. The van der Waals surface area contributed by atoms with Crippen LogP contribution in [0.1, 0.15) is 41.9 Å². The van der Waals surface area contributed by atoms with Crippen LogP contribution < -0.4 is 0 Å². The minimum Gasteiger partial charge on any atom is -0.293 e. The van der Waals surface area contributed by atoms with E-state index in [0.29, 0.717) is 12.1 Å². The molecule has 6 heteroatoms. The maximum absolute atomic E-state index is 4.27. The van der Waals surface area contributed by atoms with E-state index in [1.807, 2.05) is 4.68 Å². The van der Waals surface area contributed by atoms with Crippen molar-refractivity contribution in [1.29, 1.82) is 0 Å². The molecule has 0 radical (unpaired) electrons. The van der Waals surface area contributed by atoms with Crippen molar-refractivity contribution in [3.8, 4) is 0 Å². The Labute approximate surface area is 165 Å². The fraction of sp³-hybridized carbons (Fsp3) is 0.409. The number of aromatic nitrogens is 4. The lowest BCUT2D eigenvalue weighted by Crippen LogP contribution is -2.47. The van der Waals surface area contributed by atoms with Crippen LogP contribution in [-0.4, -0.2) is 56.2 Å². The van der Waals surface area contributed by atoms with Gasteiger partial charge in [-0.15, -0.1) is 5.10 Å². The number of nitrogens with zero attached hydrogens (tertiary/aromatic N) is 6. The summed E-state index contributed by atoms with van der Waals surface area (Å²) < 4.78 is 2.03. The third-order valence-electron chi connectivity index (χ3n) is 5.82. The molecule has 2 heterocycles. The van der Waals surface area contributed by atoms with Gasteiger partial charge in [-0.05, 0) is 34.4 Å². The van der Waals surface area contributed by atoms with Gasteiger partial charge >= 0.3 is 0 Å². The fourth-order valence-corrected chi connectivity index (χ4v) is 4.18. The highest BCUT2D eigenvalue weighted by molar-refractivity contribution is 5.31. The van der Waals surface area contributed by atoms with E-state index >= 15 is 0 Å². The Hall–Kier alpha value is -2.57. The minimum absolute atomic E-state index is 0.307. The Bertz CT molecular complexity index is 842. The second kappa shape index (κ2) is 7.81. The topological polar surface area (TPSA) is 50.1 Å². The number of rotatable bonds is 6.